The number of fused-ring (bicyclic) bond motifs is 1. The van der Waals surface area contributed by atoms with Gasteiger partial charge in [0.1, 0.15) is 0 Å². The lowest BCUT2D eigenvalue weighted by atomic mass is 10.4. The maximum atomic E-state index is 5.65. The third-order valence-electron chi connectivity index (χ3n) is 1.64. The zero-order valence-electron chi connectivity index (χ0n) is 6.66. The first kappa shape index (κ1) is 7.55. The Morgan fingerprint density at radius 1 is 1.58 bits per heavy atom. The second kappa shape index (κ2) is 2.75. The van der Waals surface area contributed by atoms with E-state index in [1.165, 1.54) is 0 Å². The molecule has 3 nitrogen and oxygen atoms in total. The SMILES string of the molecule is Cc1cc2ncc(CCl)cn2n1. The first-order valence-corrected chi connectivity index (χ1v) is 4.20. The molecular weight excluding hydrogens is 174 g/mol. The highest BCUT2D eigenvalue weighted by atomic mass is 35.5. The first-order valence-electron chi connectivity index (χ1n) is 3.66. The number of halogens is 1. The molecule has 62 valence electrons. The molecule has 0 aromatic carbocycles. The smallest absolute Gasteiger partial charge is 0.155 e. The molecule has 0 amide bonds. The lowest BCUT2D eigenvalue weighted by Crippen LogP contribution is -1.92. The summed E-state index contributed by atoms with van der Waals surface area (Å²) in [5.41, 5.74) is 2.81. The molecule has 12 heavy (non-hydrogen) atoms. The molecule has 0 unspecified atom stereocenters. The van der Waals surface area contributed by atoms with Crippen molar-refractivity contribution in [2.24, 2.45) is 0 Å². The van der Waals surface area contributed by atoms with Crippen LogP contribution in [0.5, 0.6) is 0 Å². The van der Waals surface area contributed by atoms with Crippen molar-refractivity contribution in [1.29, 1.82) is 0 Å². The van der Waals surface area contributed by atoms with Gasteiger partial charge in [0.25, 0.3) is 0 Å². The van der Waals surface area contributed by atoms with Gasteiger partial charge in [-0.15, -0.1) is 11.6 Å². The Balaban J connectivity index is 2.66. The summed E-state index contributed by atoms with van der Waals surface area (Å²) >= 11 is 5.65. The molecule has 2 heterocycles. The average molecular weight is 182 g/mol. The summed E-state index contributed by atoms with van der Waals surface area (Å²) < 4.78 is 1.74. The molecule has 0 fully saturated rings. The Labute approximate surface area is 75.0 Å². The fourth-order valence-corrected chi connectivity index (χ4v) is 1.24. The molecule has 2 rings (SSSR count). The van der Waals surface area contributed by atoms with Crippen LogP contribution in [-0.2, 0) is 5.88 Å². The maximum Gasteiger partial charge on any atom is 0.155 e. The van der Waals surface area contributed by atoms with Gasteiger partial charge in [-0.25, -0.2) is 9.50 Å². The third kappa shape index (κ3) is 1.16. The molecule has 0 atom stereocenters. The second-order valence-electron chi connectivity index (χ2n) is 2.68. The first-order chi connectivity index (χ1) is 5.79. The van der Waals surface area contributed by atoms with Gasteiger partial charge >= 0.3 is 0 Å². The third-order valence-corrected chi connectivity index (χ3v) is 1.95. The highest BCUT2D eigenvalue weighted by Gasteiger charge is 1.98. The van der Waals surface area contributed by atoms with Gasteiger partial charge in [0.15, 0.2) is 5.65 Å². The van der Waals surface area contributed by atoms with Gasteiger partial charge in [-0.1, -0.05) is 0 Å². The number of nitrogens with zero attached hydrogens (tertiary/aromatic N) is 3. The molecule has 0 spiro atoms. The lowest BCUT2D eigenvalue weighted by molar-refractivity contribution is 0.905. The van der Waals surface area contributed by atoms with Gasteiger partial charge in [-0.2, -0.15) is 5.10 Å². The van der Waals surface area contributed by atoms with Crippen LogP contribution in [0.25, 0.3) is 5.65 Å². The van der Waals surface area contributed by atoms with E-state index in [9.17, 15) is 0 Å². The zero-order valence-corrected chi connectivity index (χ0v) is 7.41. The summed E-state index contributed by atoms with van der Waals surface area (Å²) in [6, 6.07) is 1.93. The van der Waals surface area contributed by atoms with Crippen molar-refractivity contribution in [3.63, 3.8) is 0 Å². The number of hydrogen-bond donors (Lipinski definition) is 0. The van der Waals surface area contributed by atoms with Crippen LogP contribution < -0.4 is 0 Å². The topological polar surface area (TPSA) is 30.2 Å². The minimum atomic E-state index is 0.474. The second-order valence-corrected chi connectivity index (χ2v) is 2.95. The summed E-state index contributed by atoms with van der Waals surface area (Å²) in [5.74, 6) is 0.474. The summed E-state index contributed by atoms with van der Waals surface area (Å²) in [5, 5.41) is 4.22. The molecule has 2 aromatic heterocycles. The molecule has 0 N–H and O–H groups in total. The van der Waals surface area contributed by atoms with Gasteiger partial charge in [0, 0.05) is 24.0 Å². The van der Waals surface area contributed by atoms with Crippen LogP contribution in [0.2, 0.25) is 0 Å². The van der Waals surface area contributed by atoms with E-state index in [4.69, 9.17) is 11.6 Å². The van der Waals surface area contributed by atoms with Crippen molar-refractivity contribution in [3.8, 4) is 0 Å². The van der Waals surface area contributed by atoms with E-state index < -0.39 is 0 Å². The Kier molecular flexibility index (Phi) is 1.73. The zero-order chi connectivity index (χ0) is 8.55. The molecule has 0 saturated heterocycles. The minimum absolute atomic E-state index is 0.474. The highest BCUT2D eigenvalue weighted by molar-refractivity contribution is 6.17. The monoisotopic (exact) mass is 181 g/mol. The van der Waals surface area contributed by atoms with Crippen LogP contribution in [0.1, 0.15) is 11.3 Å². The van der Waals surface area contributed by atoms with Gasteiger partial charge < -0.3 is 0 Å². The predicted octanol–water partition coefficient (Wildman–Crippen LogP) is 1.78. The van der Waals surface area contributed by atoms with E-state index in [0.29, 0.717) is 5.88 Å². The molecule has 2 aromatic rings. The van der Waals surface area contributed by atoms with E-state index >= 15 is 0 Å². The Bertz CT molecular complexity index is 408. The van der Waals surface area contributed by atoms with Crippen molar-refractivity contribution in [3.05, 3.63) is 29.7 Å². The van der Waals surface area contributed by atoms with E-state index in [2.05, 4.69) is 10.1 Å². The van der Waals surface area contributed by atoms with Crippen LogP contribution >= 0.6 is 11.6 Å². The molecular formula is C8H8ClN3. The van der Waals surface area contributed by atoms with Crippen molar-refractivity contribution < 1.29 is 0 Å². The van der Waals surface area contributed by atoms with E-state index in [-0.39, 0.29) is 0 Å². The highest BCUT2D eigenvalue weighted by Crippen LogP contribution is 2.06. The summed E-state index contributed by atoms with van der Waals surface area (Å²) in [6.45, 7) is 1.94. The predicted molar refractivity (Wildman–Crippen MR) is 47.3 cm³/mol. The van der Waals surface area contributed by atoms with Crippen molar-refractivity contribution in [2.45, 2.75) is 12.8 Å². The van der Waals surface area contributed by atoms with Crippen molar-refractivity contribution in [2.75, 3.05) is 0 Å². The normalized spacial score (nSPS) is 10.8. The van der Waals surface area contributed by atoms with Gasteiger partial charge in [-0.05, 0) is 6.92 Å². The van der Waals surface area contributed by atoms with E-state index in [1.54, 1.807) is 10.7 Å². The summed E-state index contributed by atoms with van der Waals surface area (Å²) in [4.78, 5) is 4.19. The largest absolute Gasteiger partial charge is 0.237 e. The van der Waals surface area contributed by atoms with Crippen LogP contribution in [0.15, 0.2) is 18.5 Å². The van der Waals surface area contributed by atoms with Gasteiger partial charge in [0.2, 0.25) is 0 Å². The fraction of sp³-hybridized carbons (Fsp3) is 0.250. The molecule has 0 radical (unpaired) electrons. The van der Waals surface area contributed by atoms with Gasteiger partial charge in [-0.3, -0.25) is 0 Å². The van der Waals surface area contributed by atoms with Crippen molar-refractivity contribution >= 4 is 17.2 Å². The Morgan fingerprint density at radius 3 is 3.17 bits per heavy atom. The molecule has 0 aliphatic carbocycles. The van der Waals surface area contributed by atoms with E-state index in [1.807, 2.05) is 19.2 Å². The Hall–Kier alpha value is -1.09. The number of aryl methyl sites for hydroxylation is 1. The van der Waals surface area contributed by atoms with Crippen molar-refractivity contribution in [1.82, 2.24) is 14.6 Å². The quantitative estimate of drug-likeness (QED) is 0.628. The standard InChI is InChI=1S/C8H8ClN3/c1-6-2-8-10-4-7(3-9)5-12(8)11-6/h2,4-5H,3H2,1H3. The summed E-state index contributed by atoms with van der Waals surface area (Å²) in [6.07, 6.45) is 3.66. The van der Waals surface area contributed by atoms with Crippen LogP contribution in [-0.4, -0.2) is 14.6 Å². The molecule has 0 aliphatic rings. The average Bonchev–Trinajstić information content (AvgIpc) is 2.43. The van der Waals surface area contributed by atoms with Crippen LogP contribution in [0.3, 0.4) is 0 Å². The number of rotatable bonds is 1. The fourth-order valence-electron chi connectivity index (χ4n) is 1.10. The molecule has 4 heteroatoms. The van der Waals surface area contributed by atoms with Gasteiger partial charge in [0.05, 0.1) is 11.6 Å². The van der Waals surface area contributed by atoms with E-state index in [0.717, 1.165) is 16.9 Å². The summed E-state index contributed by atoms with van der Waals surface area (Å²) in [7, 11) is 0. The number of alkyl halides is 1. The molecule has 0 saturated carbocycles. The lowest BCUT2D eigenvalue weighted by Gasteiger charge is -1.94. The molecule has 0 aliphatic heterocycles. The Morgan fingerprint density at radius 2 is 2.42 bits per heavy atom. The maximum absolute atomic E-state index is 5.65. The minimum Gasteiger partial charge on any atom is -0.237 e. The molecule has 0 bridgehead atoms. The number of aromatic nitrogens is 3. The number of hydrogen-bond acceptors (Lipinski definition) is 2. The van der Waals surface area contributed by atoms with Crippen LogP contribution in [0.4, 0.5) is 0 Å². The van der Waals surface area contributed by atoms with Crippen LogP contribution in [0, 0.1) is 6.92 Å².